The number of nitrogens with zero attached hydrogens (tertiary/aromatic N) is 2. The van der Waals surface area contributed by atoms with Gasteiger partial charge in [-0.05, 0) is 24.3 Å². The third kappa shape index (κ3) is 2.08. The molecule has 0 spiro atoms. The Morgan fingerprint density at radius 2 is 2.22 bits per heavy atom. The molecular formula is C13H10ClN3O. The van der Waals surface area contributed by atoms with Gasteiger partial charge in [0.25, 0.3) is 0 Å². The molecule has 0 saturated heterocycles. The van der Waals surface area contributed by atoms with Crippen molar-refractivity contribution in [3.63, 3.8) is 0 Å². The summed E-state index contributed by atoms with van der Waals surface area (Å²) in [6.07, 6.45) is 1.64. The predicted molar refractivity (Wildman–Crippen MR) is 70.4 cm³/mol. The fraction of sp³-hybridized carbons (Fsp3) is 0.0769. The number of methoxy groups -OCH3 is 1. The number of nitriles is 1. The normalized spacial score (nSPS) is 9.83. The molecule has 0 aliphatic carbocycles. The molecule has 0 fully saturated rings. The topological polar surface area (TPSA) is 71.9 Å². The van der Waals surface area contributed by atoms with Crippen LogP contribution in [0.3, 0.4) is 0 Å². The summed E-state index contributed by atoms with van der Waals surface area (Å²) in [7, 11) is 1.50. The summed E-state index contributed by atoms with van der Waals surface area (Å²) in [4.78, 5) is 4.19. The monoisotopic (exact) mass is 259 g/mol. The van der Waals surface area contributed by atoms with E-state index in [4.69, 9.17) is 27.3 Å². The van der Waals surface area contributed by atoms with Gasteiger partial charge in [0.05, 0.1) is 29.1 Å². The number of aromatic nitrogens is 1. The van der Waals surface area contributed by atoms with Gasteiger partial charge < -0.3 is 10.5 Å². The lowest BCUT2D eigenvalue weighted by Gasteiger charge is -2.10. The molecule has 2 N–H and O–H groups in total. The zero-order chi connectivity index (χ0) is 13.1. The molecule has 0 saturated carbocycles. The van der Waals surface area contributed by atoms with Crippen LogP contribution in [0.25, 0.3) is 11.3 Å². The molecule has 2 aromatic rings. The molecule has 4 nitrogen and oxygen atoms in total. The Morgan fingerprint density at radius 1 is 1.44 bits per heavy atom. The Bertz CT molecular complexity index is 635. The third-order valence-electron chi connectivity index (χ3n) is 2.51. The van der Waals surface area contributed by atoms with Crippen LogP contribution in [0.1, 0.15) is 5.56 Å². The molecule has 90 valence electrons. The fourth-order valence-corrected chi connectivity index (χ4v) is 1.85. The molecule has 2 rings (SSSR count). The number of rotatable bonds is 2. The van der Waals surface area contributed by atoms with Crippen LogP contribution in [0.15, 0.2) is 30.5 Å². The lowest BCUT2D eigenvalue weighted by atomic mass is 10.1. The van der Waals surface area contributed by atoms with Gasteiger partial charge in [-0.3, -0.25) is 4.98 Å². The van der Waals surface area contributed by atoms with Crippen LogP contribution in [0.4, 0.5) is 5.69 Å². The first-order valence-corrected chi connectivity index (χ1v) is 5.53. The molecule has 1 aromatic heterocycles. The smallest absolute Gasteiger partial charge is 0.143 e. The summed E-state index contributed by atoms with van der Waals surface area (Å²) in [5.41, 5.74) is 7.73. The SMILES string of the molecule is COc1cc(-c2ncccc2Cl)cc(C#N)c1N. The van der Waals surface area contributed by atoms with Gasteiger partial charge in [-0.1, -0.05) is 11.6 Å². The Hall–Kier alpha value is -2.25. The van der Waals surface area contributed by atoms with Crippen LogP contribution in [0.5, 0.6) is 5.75 Å². The molecular weight excluding hydrogens is 250 g/mol. The van der Waals surface area contributed by atoms with Crippen LogP contribution in [-0.2, 0) is 0 Å². The van der Waals surface area contributed by atoms with Gasteiger partial charge in [0.15, 0.2) is 0 Å². The molecule has 0 aliphatic rings. The highest BCUT2D eigenvalue weighted by molar-refractivity contribution is 6.33. The standard InChI is InChI=1S/C13H10ClN3O/c1-18-11-6-8(5-9(7-15)12(11)16)13-10(14)3-2-4-17-13/h2-6H,16H2,1H3. The summed E-state index contributed by atoms with van der Waals surface area (Å²) in [5, 5.41) is 9.55. The Morgan fingerprint density at radius 3 is 2.83 bits per heavy atom. The first kappa shape index (κ1) is 12.2. The van der Waals surface area contributed by atoms with Crippen molar-refractivity contribution < 1.29 is 4.74 Å². The van der Waals surface area contributed by atoms with Crippen molar-refractivity contribution >= 4 is 17.3 Å². The first-order chi connectivity index (χ1) is 8.67. The van der Waals surface area contributed by atoms with E-state index in [1.165, 1.54) is 7.11 Å². The highest BCUT2D eigenvalue weighted by Gasteiger charge is 2.12. The second-order valence-corrected chi connectivity index (χ2v) is 3.99. The van der Waals surface area contributed by atoms with E-state index in [-0.39, 0.29) is 0 Å². The van der Waals surface area contributed by atoms with Crippen molar-refractivity contribution in [2.24, 2.45) is 0 Å². The highest BCUT2D eigenvalue weighted by atomic mass is 35.5. The van der Waals surface area contributed by atoms with Crippen molar-refractivity contribution in [2.75, 3.05) is 12.8 Å². The van der Waals surface area contributed by atoms with Gasteiger partial charge in [0.2, 0.25) is 0 Å². The minimum atomic E-state index is 0.316. The van der Waals surface area contributed by atoms with Crippen molar-refractivity contribution in [1.29, 1.82) is 5.26 Å². The number of nitrogen functional groups attached to an aromatic ring is 1. The lowest BCUT2D eigenvalue weighted by Crippen LogP contribution is -1.97. The van der Waals surface area contributed by atoms with E-state index in [2.05, 4.69) is 4.98 Å². The summed E-state index contributed by atoms with van der Waals surface area (Å²) < 4.78 is 5.14. The number of anilines is 1. The largest absolute Gasteiger partial charge is 0.495 e. The third-order valence-corrected chi connectivity index (χ3v) is 2.82. The lowest BCUT2D eigenvalue weighted by molar-refractivity contribution is 0.417. The van der Waals surface area contributed by atoms with Crippen LogP contribution in [-0.4, -0.2) is 12.1 Å². The number of hydrogen-bond donors (Lipinski definition) is 1. The van der Waals surface area contributed by atoms with Crippen molar-refractivity contribution in [1.82, 2.24) is 4.98 Å². The molecule has 0 aliphatic heterocycles. The van der Waals surface area contributed by atoms with Crippen LogP contribution < -0.4 is 10.5 Å². The number of nitrogens with two attached hydrogens (primary N) is 1. The number of ether oxygens (including phenoxy) is 1. The molecule has 0 unspecified atom stereocenters. The Labute approximate surface area is 110 Å². The van der Waals surface area contributed by atoms with E-state index in [9.17, 15) is 0 Å². The summed E-state index contributed by atoms with van der Waals surface area (Å²) in [6.45, 7) is 0. The average molecular weight is 260 g/mol. The number of hydrogen-bond acceptors (Lipinski definition) is 4. The number of benzene rings is 1. The molecule has 1 heterocycles. The molecule has 0 amide bonds. The second kappa shape index (κ2) is 4.94. The van der Waals surface area contributed by atoms with E-state index in [0.717, 1.165) is 0 Å². The molecule has 0 atom stereocenters. The van der Waals surface area contributed by atoms with E-state index in [1.54, 1.807) is 30.5 Å². The molecule has 0 radical (unpaired) electrons. The maximum absolute atomic E-state index is 9.04. The second-order valence-electron chi connectivity index (χ2n) is 3.59. The Kier molecular flexibility index (Phi) is 3.35. The number of pyridine rings is 1. The summed E-state index contributed by atoms with van der Waals surface area (Å²) in [5.74, 6) is 0.436. The zero-order valence-electron chi connectivity index (χ0n) is 9.64. The fourth-order valence-electron chi connectivity index (χ4n) is 1.62. The van der Waals surface area contributed by atoms with Gasteiger partial charge in [-0.25, -0.2) is 0 Å². The van der Waals surface area contributed by atoms with Crippen LogP contribution in [0.2, 0.25) is 5.02 Å². The van der Waals surface area contributed by atoms with E-state index < -0.39 is 0 Å². The van der Waals surface area contributed by atoms with Gasteiger partial charge >= 0.3 is 0 Å². The average Bonchev–Trinajstić information content (AvgIpc) is 2.40. The maximum atomic E-state index is 9.04. The first-order valence-electron chi connectivity index (χ1n) is 5.16. The minimum Gasteiger partial charge on any atom is -0.495 e. The molecule has 5 heteroatoms. The molecule has 1 aromatic carbocycles. The molecule has 18 heavy (non-hydrogen) atoms. The van der Waals surface area contributed by atoms with Crippen LogP contribution >= 0.6 is 11.6 Å². The quantitative estimate of drug-likeness (QED) is 0.842. The predicted octanol–water partition coefficient (Wildman–Crippen LogP) is 2.86. The minimum absolute atomic E-state index is 0.316. The number of halogens is 1. The van der Waals surface area contributed by atoms with E-state index >= 15 is 0 Å². The van der Waals surface area contributed by atoms with Gasteiger partial charge in [0.1, 0.15) is 11.8 Å². The van der Waals surface area contributed by atoms with E-state index in [0.29, 0.717) is 33.3 Å². The maximum Gasteiger partial charge on any atom is 0.143 e. The molecule has 0 bridgehead atoms. The van der Waals surface area contributed by atoms with Gasteiger partial charge in [0, 0.05) is 11.8 Å². The van der Waals surface area contributed by atoms with Gasteiger partial charge in [-0.15, -0.1) is 0 Å². The van der Waals surface area contributed by atoms with Crippen molar-refractivity contribution in [2.45, 2.75) is 0 Å². The summed E-state index contributed by atoms with van der Waals surface area (Å²) >= 11 is 6.07. The Balaban J connectivity index is 2.67. The zero-order valence-corrected chi connectivity index (χ0v) is 10.4. The van der Waals surface area contributed by atoms with Crippen molar-refractivity contribution in [3.05, 3.63) is 41.0 Å². The highest BCUT2D eigenvalue weighted by Crippen LogP contribution is 2.33. The van der Waals surface area contributed by atoms with Gasteiger partial charge in [-0.2, -0.15) is 5.26 Å². The summed E-state index contributed by atoms with van der Waals surface area (Å²) in [6, 6.07) is 8.86. The van der Waals surface area contributed by atoms with Crippen LogP contribution in [0, 0.1) is 11.3 Å². The van der Waals surface area contributed by atoms with Crippen molar-refractivity contribution in [3.8, 4) is 23.1 Å². The van der Waals surface area contributed by atoms with E-state index in [1.807, 2.05) is 6.07 Å².